The molecule has 1 saturated heterocycles. The Morgan fingerprint density at radius 1 is 1.19 bits per heavy atom. The maximum atomic E-state index is 12.3. The summed E-state index contributed by atoms with van der Waals surface area (Å²) in [6.07, 6.45) is 9.17. The Hall–Kier alpha value is -2.66. The van der Waals surface area contributed by atoms with Gasteiger partial charge >= 0.3 is 0 Å². The zero-order chi connectivity index (χ0) is 21.6. The smallest absolute Gasteiger partial charge is 0.219 e. The number of allylic oxidation sites excluding steroid dienone is 2. The largest absolute Gasteiger partial charge is 0.385 e. The standard InChI is InChI=1S/C26H31N3O2/c1-17-4-5-23(22-15-27-10-6-21(17)22)26(14-18(26)2)24-16-29(19(3)30)11-7-25(24)28-20-8-12-31-13-9-20/h4-6,10,14-15,20,28H,7-9,11-13,16H2,1-3H3. The Morgan fingerprint density at radius 2 is 1.97 bits per heavy atom. The first-order chi connectivity index (χ1) is 15.0. The molecule has 162 valence electrons. The summed E-state index contributed by atoms with van der Waals surface area (Å²) in [6.45, 7) is 9.13. The summed E-state index contributed by atoms with van der Waals surface area (Å²) in [6, 6.07) is 7.03. The van der Waals surface area contributed by atoms with Gasteiger partial charge < -0.3 is 15.0 Å². The van der Waals surface area contributed by atoms with Gasteiger partial charge in [-0.1, -0.05) is 23.8 Å². The third-order valence-electron chi connectivity index (χ3n) is 7.30. The van der Waals surface area contributed by atoms with Crippen LogP contribution in [0.3, 0.4) is 0 Å². The number of nitrogens with zero attached hydrogens (tertiary/aromatic N) is 2. The summed E-state index contributed by atoms with van der Waals surface area (Å²) in [4.78, 5) is 18.7. The zero-order valence-corrected chi connectivity index (χ0v) is 18.7. The summed E-state index contributed by atoms with van der Waals surface area (Å²) in [5.74, 6) is 0.145. The fourth-order valence-corrected chi connectivity index (χ4v) is 5.39. The van der Waals surface area contributed by atoms with E-state index in [-0.39, 0.29) is 11.3 Å². The number of fused-ring (bicyclic) bond motifs is 1. The molecule has 3 heterocycles. The van der Waals surface area contributed by atoms with Crippen molar-refractivity contribution in [3.8, 4) is 0 Å². The molecule has 0 saturated carbocycles. The first-order valence-electron chi connectivity index (χ1n) is 11.4. The molecule has 1 aromatic heterocycles. The van der Waals surface area contributed by atoms with E-state index in [1.807, 2.05) is 17.3 Å². The van der Waals surface area contributed by atoms with Crippen molar-refractivity contribution in [3.63, 3.8) is 0 Å². The lowest BCUT2D eigenvalue weighted by atomic mass is 9.77. The lowest BCUT2D eigenvalue weighted by molar-refractivity contribution is -0.128. The number of aryl methyl sites for hydroxylation is 1. The van der Waals surface area contributed by atoms with Crippen molar-refractivity contribution in [1.29, 1.82) is 0 Å². The van der Waals surface area contributed by atoms with Crippen LogP contribution < -0.4 is 5.32 Å². The van der Waals surface area contributed by atoms with Crippen LogP contribution in [0.2, 0.25) is 0 Å². The second-order valence-electron chi connectivity index (χ2n) is 9.17. The molecule has 2 aromatic rings. The number of hydrogen-bond acceptors (Lipinski definition) is 4. The van der Waals surface area contributed by atoms with Gasteiger partial charge in [-0.25, -0.2) is 0 Å². The first kappa shape index (κ1) is 20.3. The molecule has 1 fully saturated rings. The van der Waals surface area contributed by atoms with Gasteiger partial charge in [-0.3, -0.25) is 9.78 Å². The molecule has 3 aliphatic rings. The van der Waals surface area contributed by atoms with E-state index in [1.165, 1.54) is 38.7 Å². The highest BCUT2D eigenvalue weighted by atomic mass is 16.5. The Labute approximate surface area is 184 Å². The minimum atomic E-state index is -0.226. The van der Waals surface area contributed by atoms with Crippen LogP contribution in [0, 0.1) is 6.92 Å². The summed E-state index contributed by atoms with van der Waals surface area (Å²) in [5.41, 5.74) is 6.31. The van der Waals surface area contributed by atoms with Crippen molar-refractivity contribution in [2.24, 2.45) is 0 Å². The molecule has 0 spiro atoms. The Morgan fingerprint density at radius 3 is 2.68 bits per heavy atom. The number of aromatic nitrogens is 1. The Balaban J connectivity index is 1.62. The van der Waals surface area contributed by atoms with E-state index in [4.69, 9.17) is 4.74 Å². The van der Waals surface area contributed by atoms with Gasteiger partial charge in [0.2, 0.25) is 5.91 Å². The van der Waals surface area contributed by atoms with Gasteiger partial charge in [-0.05, 0) is 54.8 Å². The molecule has 1 N–H and O–H groups in total. The summed E-state index contributed by atoms with van der Waals surface area (Å²) >= 11 is 0. The Kier molecular flexibility index (Phi) is 5.09. The maximum absolute atomic E-state index is 12.3. The Bertz CT molecular complexity index is 1100. The molecule has 1 aromatic carbocycles. The van der Waals surface area contributed by atoms with E-state index in [0.717, 1.165) is 39.0 Å². The molecule has 5 heteroatoms. The molecule has 0 radical (unpaired) electrons. The molecular weight excluding hydrogens is 386 g/mol. The predicted molar refractivity (Wildman–Crippen MR) is 123 cm³/mol. The molecular formula is C26H31N3O2. The van der Waals surface area contributed by atoms with Crippen LogP contribution in [-0.2, 0) is 14.9 Å². The first-order valence-corrected chi connectivity index (χ1v) is 11.4. The molecule has 2 aliphatic heterocycles. The van der Waals surface area contributed by atoms with Crippen molar-refractivity contribution in [1.82, 2.24) is 15.2 Å². The quantitative estimate of drug-likeness (QED) is 0.764. The SMILES string of the molecule is CC(=O)N1CCC(NC2CCOCC2)=C(C2(c3ccc(C)c4ccncc34)C=C2C)C1. The number of benzene rings is 1. The van der Waals surface area contributed by atoms with Crippen LogP contribution in [0.25, 0.3) is 10.8 Å². The van der Waals surface area contributed by atoms with Crippen LogP contribution in [0.1, 0.15) is 44.2 Å². The highest BCUT2D eigenvalue weighted by molar-refractivity contribution is 5.91. The van der Waals surface area contributed by atoms with Crippen LogP contribution in [0.5, 0.6) is 0 Å². The van der Waals surface area contributed by atoms with Crippen LogP contribution >= 0.6 is 0 Å². The summed E-state index contributed by atoms with van der Waals surface area (Å²) in [7, 11) is 0. The van der Waals surface area contributed by atoms with Gasteiger partial charge in [0.1, 0.15) is 0 Å². The number of hydrogen-bond donors (Lipinski definition) is 1. The number of amides is 1. The zero-order valence-electron chi connectivity index (χ0n) is 18.7. The van der Waals surface area contributed by atoms with E-state index >= 15 is 0 Å². The van der Waals surface area contributed by atoms with Crippen LogP contribution in [-0.4, -0.2) is 48.1 Å². The fourth-order valence-electron chi connectivity index (χ4n) is 5.39. The topological polar surface area (TPSA) is 54.5 Å². The molecule has 1 amide bonds. The number of ether oxygens (including phenoxy) is 1. The van der Waals surface area contributed by atoms with Crippen molar-refractivity contribution in [2.75, 3.05) is 26.3 Å². The molecule has 5 rings (SSSR count). The lowest BCUT2D eigenvalue weighted by Crippen LogP contribution is -2.44. The highest BCUT2D eigenvalue weighted by Gasteiger charge is 2.49. The average molecular weight is 418 g/mol. The van der Waals surface area contributed by atoms with E-state index in [2.05, 4.69) is 48.4 Å². The minimum Gasteiger partial charge on any atom is -0.385 e. The lowest BCUT2D eigenvalue weighted by Gasteiger charge is -2.38. The van der Waals surface area contributed by atoms with Crippen molar-refractivity contribution in [3.05, 3.63) is 64.6 Å². The van der Waals surface area contributed by atoms with Gasteiger partial charge in [-0.2, -0.15) is 0 Å². The molecule has 1 atom stereocenters. The van der Waals surface area contributed by atoms with Gasteiger partial charge in [0.25, 0.3) is 0 Å². The number of carbonyl (C=O) groups excluding carboxylic acids is 1. The maximum Gasteiger partial charge on any atom is 0.219 e. The second-order valence-corrected chi connectivity index (χ2v) is 9.17. The van der Waals surface area contributed by atoms with E-state index < -0.39 is 0 Å². The molecule has 0 bridgehead atoms. The van der Waals surface area contributed by atoms with Gasteiger partial charge in [0.05, 0.1) is 5.41 Å². The van der Waals surface area contributed by atoms with E-state index in [1.54, 1.807) is 6.92 Å². The number of rotatable bonds is 4. The summed E-state index contributed by atoms with van der Waals surface area (Å²) in [5, 5.41) is 6.33. The normalized spacial score (nSPS) is 24.4. The predicted octanol–water partition coefficient (Wildman–Crippen LogP) is 4.02. The highest BCUT2D eigenvalue weighted by Crippen LogP contribution is 2.55. The molecule has 5 nitrogen and oxygen atoms in total. The monoisotopic (exact) mass is 417 g/mol. The molecule has 1 unspecified atom stereocenters. The molecule has 1 aliphatic carbocycles. The van der Waals surface area contributed by atoms with E-state index in [9.17, 15) is 4.79 Å². The average Bonchev–Trinajstić information content (AvgIpc) is 3.46. The third kappa shape index (κ3) is 3.45. The summed E-state index contributed by atoms with van der Waals surface area (Å²) < 4.78 is 5.56. The van der Waals surface area contributed by atoms with E-state index in [0.29, 0.717) is 12.6 Å². The second kappa shape index (κ2) is 7.79. The van der Waals surface area contributed by atoms with Crippen LogP contribution in [0.4, 0.5) is 0 Å². The van der Waals surface area contributed by atoms with Gasteiger partial charge in [0.15, 0.2) is 0 Å². The van der Waals surface area contributed by atoms with Crippen molar-refractivity contribution < 1.29 is 9.53 Å². The van der Waals surface area contributed by atoms with Crippen molar-refractivity contribution >= 4 is 16.7 Å². The number of nitrogens with one attached hydrogen (secondary N) is 1. The number of pyridine rings is 1. The van der Waals surface area contributed by atoms with Crippen molar-refractivity contribution in [2.45, 2.75) is 51.5 Å². The molecule has 31 heavy (non-hydrogen) atoms. The van der Waals surface area contributed by atoms with Crippen LogP contribution in [0.15, 0.2) is 53.5 Å². The van der Waals surface area contributed by atoms with Gasteiger partial charge in [0, 0.05) is 69.2 Å². The van der Waals surface area contributed by atoms with Gasteiger partial charge in [-0.15, -0.1) is 0 Å². The number of carbonyl (C=O) groups is 1. The third-order valence-corrected chi connectivity index (χ3v) is 7.30. The fraction of sp³-hybridized carbons (Fsp3) is 0.462. The minimum absolute atomic E-state index is 0.145.